The monoisotopic (exact) mass is 315 g/mol. The Kier molecular flexibility index (Phi) is 3.30. The van der Waals surface area contributed by atoms with E-state index in [0.29, 0.717) is 28.7 Å². The molecule has 2 saturated heterocycles. The zero-order valence-electron chi connectivity index (χ0n) is 12.7. The van der Waals surface area contributed by atoms with Gasteiger partial charge in [-0.15, -0.1) is 0 Å². The van der Waals surface area contributed by atoms with Gasteiger partial charge >= 0.3 is 5.97 Å². The summed E-state index contributed by atoms with van der Waals surface area (Å²) in [6.07, 6.45) is 4.71. The van der Waals surface area contributed by atoms with Crippen LogP contribution >= 0.6 is 0 Å². The number of carbonyl (C=O) groups excluding carboxylic acids is 2. The van der Waals surface area contributed by atoms with E-state index in [-0.39, 0.29) is 17.7 Å². The van der Waals surface area contributed by atoms with Gasteiger partial charge in [-0.05, 0) is 31.4 Å². The highest BCUT2D eigenvalue weighted by atomic mass is 16.5. The number of carbonyl (C=O) groups is 2. The zero-order valence-corrected chi connectivity index (χ0v) is 12.7. The van der Waals surface area contributed by atoms with Crippen LogP contribution in [0.4, 0.5) is 0 Å². The second-order valence-electron chi connectivity index (χ2n) is 6.07. The van der Waals surface area contributed by atoms with Crippen molar-refractivity contribution in [2.45, 2.75) is 37.4 Å². The predicted molar refractivity (Wildman–Crippen MR) is 81.2 cm³/mol. The Morgan fingerprint density at radius 3 is 2.96 bits per heavy atom. The molecule has 0 unspecified atom stereocenters. The van der Waals surface area contributed by atoms with Crippen molar-refractivity contribution in [3.05, 3.63) is 29.8 Å². The molecule has 7 nitrogen and oxygen atoms in total. The molecule has 2 aromatic rings. The number of ether oxygens (including phenoxy) is 1. The minimum atomic E-state index is -0.555. The summed E-state index contributed by atoms with van der Waals surface area (Å²) in [5.41, 5.74) is 0.765. The summed E-state index contributed by atoms with van der Waals surface area (Å²) in [5, 5.41) is 7.18. The van der Waals surface area contributed by atoms with E-state index in [1.807, 2.05) is 0 Å². The second kappa shape index (κ2) is 5.34. The van der Waals surface area contributed by atoms with Gasteiger partial charge in [0.2, 0.25) is 5.76 Å². The van der Waals surface area contributed by atoms with Crippen molar-refractivity contribution >= 4 is 22.8 Å². The van der Waals surface area contributed by atoms with E-state index in [0.717, 1.165) is 12.8 Å². The van der Waals surface area contributed by atoms with Crippen molar-refractivity contribution in [1.82, 2.24) is 15.6 Å². The molecular formula is C16H17N3O4. The number of aromatic nitrogens is 1. The average Bonchev–Trinajstić information content (AvgIpc) is 3.27. The molecule has 120 valence electrons. The largest absolute Gasteiger partial charge is 0.463 e. The lowest BCUT2D eigenvalue weighted by Gasteiger charge is -2.21. The van der Waals surface area contributed by atoms with Gasteiger partial charge in [0, 0.05) is 23.5 Å². The molecule has 0 aromatic carbocycles. The number of nitrogens with zero attached hydrogens (tertiary/aromatic N) is 1. The third-order valence-electron chi connectivity index (χ3n) is 4.64. The number of fused-ring (bicyclic) bond motifs is 3. The van der Waals surface area contributed by atoms with Crippen LogP contribution in [0.15, 0.2) is 22.7 Å². The molecule has 0 spiro atoms. The highest BCUT2D eigenvalue weighted by Crippen LogP contribution is 2.28. The summed E-state index contributed by atoms with van der Waals surface area (Å²) in [6, 6.07) is 4.23. The van der Waals surface area contributed by atoms with Gasteiger partial charge in [0.05, 0.1) is 13.3 Å². The number of pyridine rings is 1. The van der Waals surface area contributed by atoms with Crippen molar-refractivity contribution in [3.63, 3.8) is 0 Å². The van der Waals surface area contributed by atoms with E-state index in [4.69, 9.17) is 4.42 Å². The van der Waals surface area contributed by atoms with Crippen LogP contribution in [0, 0.1) is 0 Å². The van der Waals surface area contributed by atoms with Crippen molar-refractivity contribution in [3.8, 4) is 0 Å². The molecule has 2 aliphatic rings. The van der Waals surface area contributed by atoms with Crippen LogP contribution in [0.5, 0.6) is 0 Å². The van der Waals surface area contributed by atoms with E-state index in [1.54, 1.807) is 12.1 Å². The Morgan fingerprint density at radius 1 is 1.39 bits per heavy atom. The minimum Gasteiger partial charge on any atom is -0.463 e. The lowest BCUT2D eigenvalue weighted by molar-refractivity contribution is 0.0567. The summed E-state index contributed by atoms with van der Waals surface area (Å²) in [6.45, 7) is 0. The predicted octanol–water partition coefficient (Wildman–Crippen LogP) is 1.24. The van der Waals surface area contributed by atoms with Crippen LogP contribution in [-0.4, -0.2) is 42.1 Å². The molecule has 2 aromatic heterocycles. The molecule has 0 radical (unpaired) electrons. The van der Waals surface area contributed by atoms with Crippen LogP contribution in [-0.2, 0) is 4.74 Å². The lowest BCUT2D eigenvalue weighted by atomic mass is 9.95. The maximum atomic E-state index is 12.4. The fourth-order valence-electron chi connectivity index (χ4n) is 3.50. The Balaban J connectivity index is 1.54. The fourth-order valence-corrected chi connectivity index (χ4v) is 3.50. The Labute approximate surface area is 132 Å². The topological polar surface area (TPSA) is 93.5 Å². The number of nitrogens with one attached hydrogen (secondary N) is 2. The number of hydrogen-bond donors (Lipinski definition) is 2. The molecule has 4 rings (SSSR count). The summed E-state index contributed by atoms with van der Waals surface area (Å²) >= 11 is 0. The first kappa shape index (κ1) is 14.2. The molecule has 23 heavy (non-hydrogen) atoms. The van der Waals surface area contributed by atoms with Crippen molar-refractivity contribution < 1.29 is 18.7 Å². The normalized spacial score (nSPS) is 25.7. The Bertz CT molecular complexity index is 785. The zero-order chi connectivity index (χ0) is 16.0. The molecule has 7 heteroatoms. The Morgan fingerprint density at radius 2 is 2.26 bits per heavy atom. The van der Waals surface area contributed by atoms with Crippen LogP contribution in [0.3, 0.4) is 0 Å². The van der Waals surface area contributed by atoms with Crippen LogP contribution in [0.25, 0.3) is 11.0 Å². The van der Waals surface area contributed by atoms with Gasteiger partial charge in [-0.3, -0.25) is 4.79 Å². The molecule has 2 N–H and O–H groups in total. The standard InChI is InChI=1S/C16H17N3O4/c1-22-16(21)13-5-8-4-12(17-7-14(8)23-13)15(20)19-11-6-9-2-3-10(11)18-9/h4-5,7,9-11,18H,2-3,6H2,1H3,(H,19,20)/t9-,10+,11-/m1/s1. The molecule has 0 saturated carbocycles. The number of furan rings is 1. The first-order valence-electron chi connectivity index (χ1n) is 7.69. The van der Waals surface area contributed by atoms with Crippen LogP contribution < -0.4 is 10.6 Å². The summed E-state index contributed by atoms with van der Waals surface area (Å²) in [4.78, 5) is 28.0. The fraction of sp³-hybridized carbons (Fsp3) is 0.438. The highest BCUT2D eigenvalue weighted by Gasteiger charge is 2.39. The first-order valence-corrected chi connectivity index (χ1v) is 7.69. The van der Waals surface area contributed by atoms with Gasteiger partial charge in [-0.2, -0.15) is 0 Å². The molecule has 1 amide bonds. The maximum absolute atomic E-state index is 12.4. The average molecular weight is 315 g/mol. The van der Waals surface area contributed by atoms with Crippen LogP contribution in [0.2, 0.25) is 0 Å². The molecule has 2 bridgehead atoms. The molecule has 0 aliphatic carbocycles. The molecule has 3 atom stereocenters. The summed E-state index contributed by atoms with van der Waals surface area (Å²) < 4.78 is 9.97. The van der Waals surface area contributed by atoms with E-state index < -0.39 is 5.97 Å². The number of esters is 1. The van der Waals surface area contributed by atoms with Crippen LogP contribution in [0.1, 0.15) is 40.3 Å². The third kappa shape index (κ3) is 2.46. The summed E-state index contributed by atoms with van der Waals surface area (Å²) in [7, 11) is 1.29. The van der Waals surface area contributed by atoms with Crippen molar-refractivity contribution in [2.24, 2.45) is 0 Å². The smallest absolute Gasteiger partial charge is 0.373 e. The second-order valence-corrected chi connectivity index (χ2v) is 6.07. The highest BCUT2D eigenvalue weighted by molar-refractivity contribution is 5.97. The molecular weight excluding hydrogens is 298 g/mol. The van der Waals surface area contributed by atoms with E-state index >= 15 is 0 Å². The molecule has 2 fully saturated rings. The van der Waals surface area contributed by atoms with Gasteiger partial charge in [0.15, 0.2) is 5.58 Å². The van der Waals surface area contributed by atoms with Gasteiger partial charge in [-0.1, -0.05) is 0 Å². The molecule has 2 aliphatic heterocycles. The number of methoxy groups -OCH3 is 1. The van der Waals surface area contributed by atoms with Crippen molar-refractivity contribution in [2.75, 3.05) is 7.11 Å². The number of hydrogen-bond acceptors (Lipinski definition) is 6. The van der Waals surface area contributed by atoms with Gasteiger partial charge < -0.3 is 19.8 Å². The van der Waals surface area contributed by atoms with Crippen molar-refractivity contribution in [1.29, 1.82) is 0 Å². The quantitative estimate of drug-likeness (QED) is 0.828. The maximum Gasteiger partial charge on any atom is 0.373 e. The Hall–Kier alpha value is -2.41. The van der Waals surface area contributed by atoms with Gasteiger partial charge in [0.25, 0.3) is 5.91 Å². The van der Waals surface area contributed by atoms with E-state index in [2.05, 4.69) is 20.4 Å². The van der Waals surface area contributed by atoms with E-state index in [1.165, 1.54) is 19.7 Å². The van der Waals surface area contributed by atoms with Gasteiger partial charge in [0.1, 0.15) is 5.69 Å². The SMILES string of the molecule is COC(=O)c1cc2cc(C(=O)N[C@@H]3C[C@H]4CC[C@@H]3N4)ncc2o1. The first-order chi connectivity index (χ1) is 11.1. The van der Waals surface area contributed by atoms with E-state index in [9.17, 15) is 9.59 Å². The minimum absolute atomic E-state index is 0.0964. The summed E-state index contributed by atoms with van der Waals surface area (Å²) in [5.74, 6) is -0.661. The number of rotatable bonds is 3. The van der Waals surface area contributed by atoms with Gasteiger partial charge in [-0.25, -0.2) is 9.78 Å². The number of amides is 1. The third-order valence-corrected chi connectivity index (χ3v) is 4.64. The lowest BCUT2D eigenvalue weighted by Crippen LogP contribution is -2.43. The molecule has 4 heterocycles.